The zero-order valence-corrected chi connectivity index (χ0v) is 15.6. The molecular weight excluding hydrogens is 325 g/mol. The summed E-state index contributed by atoms with van der Waals surface area (Å²) in [6.45, 7) is 9.61. The molecule has 0 spiro atoms. The highest BCUT2D eigenvalue weighted by molar-refractivity contribution is 7.60. The quantitative estimate of drug-likeness (QED) is 0.482. The van der Waals surface area contributed by atoms with Crippen LogP contribution in [0, 0.1) is 0 Å². The number of ketones is 1. The summed E-state index contributed by atoms with van der Waals surface area (Å²) in [6, 6.07) is 0. The van der Waals surface area contributed by atoms with E-state index >= 15 is 0 Å². The number of hydrogen-bond donors (Lipinski definition) is 2. The van der Waals surface area contributed by atoms with Gasteiger partial charge >= 0.3 is 6.09 Å². The van der Waals surface area contributed by atoms with Crippen molar-refractivity contribution >= 4 is 19.2 Å². The van der Waals surface area contributed by atoms with Gasteiger partial charge in [-0.2, -0.15) is 0 Å². The molecule has 0 rings (SSSR count). The molecule has 136 valence electrons. The number of hydrogen-bond acceptors (Lipinski definition) is 6. The molecule has 0 aliphatic carbocycles. The summed E-state index contributed by atoms with van der Waals surface area (Å²) in [4.78, 5) is 33.5. The molecule has 0 saturated heterocycles. The van der Waals surface area contributed by atoms with Gasteiger partial charge in [0.2, 0.25) is 5.53 Å². The largest absolute Gasteiger partial charge is 0.444 e. The van der Waals surface area contributed by atoms with Gasteiger partial charge in [0.05, 0.1) is 12.7 Å². The monoisotopic (exact) mass is 353 g/mol. The van der Waals surface area contributed by atoms with E-state index in [0.29, 0.717) is 0 Å². The second kappa shape index (κ2) is 8.78. The Hall–Kier alpha value is -0.950. The number of amides is 1. The van der Waals surface area contributed by atoms with Crippen LogP contribution in [0.25, 0.3) is 0 Å². The van der Waals surface area contributed by atoms with E-state index in [1.54, 1.807) is 34.6 Å². The molecular formula is C14H28NO7P. The Balaban J connectivity index is 4.68. The van der Waals surface area contributed by atoms with Gasteiger partial charge in [0.25, 0.3) is 7.37 Å². The highest BCUT2D eigenvalue weighted by Gasteiger charge is 2.46. The SMILES string of the molecule is CCOC(C)(OCC)P(=O)(O)CC(=O)CNC(=O)OC(C)(C)C. The molecule has 9 heteroatoms. The molecule has 1 amide bonds. The van der Waals surface area contributed by atoms with E-state index in [0.717, 1.165) is 0 Å². The van der Waals surface area contributed by atoms with Gasteiger partial charge in [-0.15, -0.1) is 0 Å². The number of Topliss-reactive ketones (excluding diaryl/α,β-unsaturated/α-hetero) is 1. The first kappa shape index (κ1) is 22.1. The lowest BCUT2D eigenvalue weighted by atomic mass is 10.2. The van der Waals surface area contributed by atoms with Gasteiger partial charge < -0.3 is 24.4 Å². The van der Waals surface area contributed by atoms with Gasteiger partial charge in [-0.05, 0) is 41.5 Å². The van der Waals surface area contributed by atoms with Crippen LogP contribution >= 0.6 is 7.37 Å². The number of carbonyl (C=O) groups excluding carboxylic acids is 2. The first-order chi connectivity index (χ1) is 10.4. The Kier molecular flexibility index (Phi) is 8.41. The zero-order chi connectivity index (χ0) is 18.3. The Bertz CT molecular complexity index is 453. The van der Waals surface area contributed by atoms with Crippen molar-refractivity contribution in [2.75, 3.05) is 25.9 Å². The van der Waals surface area contributed by atoms with Crippen molar-refractivity contribution in [3.05, 3.63) is 0 Å². The molecule has 0 radical (unpaired) electrons. The molecule has 1 atom stereocenters. The van der Waals surface area contributed by atoms with Crippen LogP contribution in [-0.2, 0) is 23.6 Å². The van der Waals surface area contributed by atoms with E-state index in [1.165, 1.54) is 6.92 Å². The fraction of sp³-hybridized carbons (Fsp3) is 0.857. The first-order valence-electron chi connectivity index (χ1n) is 7.45. The van der Waals surface area contributed by atoms with Gasteiger partial charge in [-0.1, -0.05) is 0 Å². The predicted octanol–water partition coefficient (Wildman–Crippen LogP) is 2.10. The van der Waals surface area contributed by atoms with Gasteiger partial charge in [0, 0.05) is 13.2 Å². The molecule has 23 heavy (non-hydrogen) atoms. The van der Waals surface area contributed by atoms with Gasteiger partial charge in [0.1, 0.15) is 5.60 Å². The first-order valence-corrected chi connectivity index (χ1v) is 9.29. The topological polar surface area (TPSA) is 111 Å². The van der Waals surface area contributed by atoms with Crippen molar-refractivity contribution in [2.45, 2.75) is 52.7 Å². The third-order valence-corrected chi connectivity index (χ3v) is 4.99. The van der Waals surface area contributed by atoms with E-state index < -0.39 is 43.1 Å². The lowest BCUT2D eigenvalue weighted by molar-refractivity contribution is -0.166. The number of alkyl carbamates (subject to hydrolysis) is 1. The fourth-order valence-corrected chi connectivity index (χ4v) is 3.24. The maximum atomic E-state index is 12.4. The zero-order valence-electron chi connectivity index (χ0n) is 14.7. The lowest BCUT2D eigenvalue weighted by Gasteiger charge is -2.32. The Labute approximate surface area is 137 Å². The van der Waals surface area contributed by atoms with Crippen molar-refractivity contribution in [1.82, 2.24) is 5.32 Å². The van der Waals surface area contributed by atoms with E-state index in [9.17, 15) is 19.0 Å². The number of rotatable bonds is 9. The average Bonchev–Trinajstić information content (AvgIpc) is 2.34. The molecule has 8 nitrogen and oxygen atoms in total. The summed E-state index contributed by atoms with van der Waals surface area (Å²) in [7, 11) is -4.09. The van der Waals surface area contributed by atoms with Crippen LogP contribution in [0.1, 0.15) is 41.5 Å². The second-order valence-electron chi connectivity index (χ2n) is 6.02. The third kappa shape index (κ3) is 7.92. The lowest BCUT2D eigenvalue weighted by Crippen LogP contribution is -2.38. The number of nitrogens with one attached hydrogen (secondary N) is 1. The molecule has 0 fully saturated rings. The van der Waals surface area contributed by atoms with Crippen molar-refractivity contribution in [3.8, 4) is 0 Å². The van der Waals surface area contributed by atoms with Crippen LogP contribution < -0.4 is 5.32 Å². The minimum Gasteiger partial charge on any atom is -0.444 e. The smallest absolute Gasteiger partial charge is 0.408 e. The molecule has 0 heterocycles. The van der Waals surface area contributed by atoms with Crippen LogP contribution in [0.5, 0.6) is 0 Å². The molecule has 0 saturated carbocycles. The highest BCUT2D eigenvalue weighted by Crippen LogP contribution is 2.55. The molecule has 0 aromatic carbocycles. The molecule has 0 aliphatic rings. The van der Waals surface area contributed by atoms with Crippen LogP contribution in [-0.4, -0.2) is 53.8 Å². The van der Waals surface area contributed by atoms with E-state index in [-0.39, 0.29) is 13.2 Å². The Morgan fingerprint density at radius 3 is 1.96 bits per heavy atom. The normalized spacial score (nSPS) is 14.9. The van der Waals surface area contributed by atoms with Gasteiger partial charge in [-0.25, -0.2) is 4.79 Å². The average molecular weight is 353 g/mol. The molecule has 2 N–H and O–H groups in total. The molecule has 0 bridgehead atoms. The van der Waals surface area contributed by atoms with Gasteiger partial charge in [0.15, 0.2) is 5.78 Å². The summed E-state index contributed by atoms with van der Waals surface area (Å²) in [5, 5.41) is 2.25. The summed E-state index contributed by atoms with van der Waals surface area (Å²) >= 11 is 0. The van der Waals surface area contributed by atoms with Crippen LogP contribution in [0.3, 0.4) is 0 Å². The Morgan fingerprint density at radius 1 is 1.09 bits per heavy atom. The summed E-state index contributed by atoms with van der Waals surface area (Å²) < 4.78 is 27.9. The standard InChI is InChI=1S/C14H28NO7P/c1-7-20-14(6,21-8-2)23(18,19)10-11(16)9-15-12(17)22-13(3,4)5/h7-10H2,1-6H3,(H,15,17)(H,18,19). The summed E-state index contributed by atoms with van der Waals surface area (Å²) in [6.07, 6.45) is -1.43. The van der Waals surface area contributed by atoms with Crippen molar-refractivity contribution in [3.63, 3.8) is 0 Å². The van der Waals surface area contributed by atoms with Crippen LogP contribution in [0.4, 0.5) is 4.79 Å². The summed E-state index contributed by atoms with van der Waals surface area (Å²) in [5.74, 6) is -0.618. The number of carbonyl (C=O) groups is 2. The molecule has 0 aromatic rings. The van der Waals surface area contributed by atoms with Crippen LogP contribution in [0.15, 0.2) is 0 Å². The molecule has 0 aromatic heterocycles. The van der Waals surface area contributed by atoms with Crippen molar-refractivity contribution in [2.24, 2.45) is 0 Å². The predicted molar refractivity (Wildman–Crippen MR) is 85.6 cm³/mol. The van der Waals surface area contributed by atoms with E-state index in [2.05, 4.69) is 5.32 Å². The van der Waals surface area contributed by atoms with Crippen molar-refractivity contribution in [1.29, 1.82) is 0 Å². The molecule has 1 unspecified atom stereocenters. The summed E-state index contributed by atoms with van der Waals surface area (Å²) in [5.41, 5.74) is -2.44. The van der Waals surface area contributed by atoms with E-state index in [4.69, 9.17) is 14.2 Å². The maximum Gasteiger partial charge on any atom is 0.408 e. The maximum absolute atomic E-state index is 12.4. The molecule has 0 aliphatic heterocycles. The van der Waals surface area contributed by atoms with Gasteiger partial charge in [-0.3, -0.25) is 9.36 Å². The minimum absolute atomic E-state index is 0.158. The highest BCUT2D eigenvalue weighted by atomic mass is 31.2. The van der Waals surface area contributed by atoms with E-state index in [1.807, 2.05) is 0 Å². The second-order valence-corrected chi connectivity index (χ2v) is 8.55. The van der Waals surface area contributed by atoms with Crippen LogP contribution in [0.2, 0.25) is 0 Å². The number of ether oxygens (including phenoxy) is 3. The Morgan fingerprint density at radius 2 is 1.57 bits per heavy atom. The third-order valence-electron chi connectivity index (χ3n) is 2.68. The fourth-order valence-electron chi connectivity index (χ4n) is 1.70. The minimum atomic E-state index is -4.09. The van der Waals surface area contributed by atoms with Crippen molar-refractivity contribution < 1.29 is 33.3 Å².